The Hall–Kier alpha value is -1.02. The van der Waals surface area contributed by atoms with E-state index in [2.05, 4.69) is 27.7 Å². The minimum absolute atomic E-state index is 0.00380. The van der Waals surface area contributed by atoms with Gasteiger partial charge in [-0.05, 0) is 18.3 Å². The third-order valence-electron chi connectivity index (χ3n) is 7.03. The molecule has 6 heteroatoms. The average molecular weight is 421 g/mol. The van der Waals surface area contributed by atoms with Crippen LogP contribution in [0.3, 0.4) is 0 Å². The zero-order chi connectivity index (χ0) is 21.3. The van der Waals surface area contributed by atoms with Crippen molar-refractivity contribution < 1.29 is 28.4 Å². The minimum Gasteiger partial charge on any atom is -0.355 e. The largest absolute Gasteiger partial charge is 0.355 e. The van der Waals surface area contributed by atoms with Gasteiger partial charge in [-0.25, -0.2) is 0 Å². The molecule has 168 valence electrons. The Morgan fingerprint density at radius 1 is 1.00 bits per heavy atom. The van der Waals surface area contributed by atoms with Gasteiger partial charge in [0, 0.05) is 25.0 Å². The molecule has 1 aromatic rings. The van der Waals surface area contributed by atoms with Crippen molar-refractivity contribution in [3.8, 4) is 0 Å². The summed E-state index contributed by atoms with van der Waals surface area (Å²) >= 11 is 0. The molecule has 0 aromatic heterocycles. The lowest BCUT2D eigenvalue weighted by Crippen LogP contribution is -2.61. The van der Waals surface area contributed by atoms with Gasteiger partial charge in [0.25, 0.3) is 0 Å². The Bertz CT molecular complexity index is 669. The van der Waals surface area contributed by atoms with E-state index < -0.39 is 6.29 Å². The average Bonchev–Trinajstić information content (AvgIpc) is 2.78. The molecule has 0 aliphatic carbocycles. The first-order valence-corrected chi connectivity index (χ1v) is 11.3. The number of hydrogen-bond donors (Lipinski definition) is 0. The Kier molecular flexibility index (Phi) is 7.12. The molecule has 30 heavy (non-hydrogen) atoms. The van der Waals surface area contributed by atoms with Gasteiger partial charge in [-0.2, -0.15) is 0 Å². The number of hydrogen-bond acceptors (Lipinski definition) is 6. The molecular formula is C24H36O6. The van der Waals surface area contributed by atoms with Crippen molar-refractivity contribution >= 4 is 0 Å². The van der Waals surface area contributed by atoms with E-state index in [0.29, 0.717) is 18.4 Å². The van der Waals surface area contributed by atoms with Crippen LogP contribution in [-0.2, 0) is 28.4 Å². The predicted molar refractivity (Wildman–Crippen MR) is 112 cm³/mol. The van der Waals surface area contributed by atoms with Crippen LogP contribution in [0.1, 0.15) is 52.4 Å². The Balaban J connectivity index is 1.52. The van der Waals surface area contributed by atoms with Gasteiger partial charge in [-0.3, -0.25) is 0 Å². The van der Waals surface area contributed by atoms with Crippen molar-refractivity contribution in [1.29, 1.82) is 0 Å². The first-order valence-electron chi connectivity index (χ1n) is 11.3. The molecular weight excluding hydrogens is 384 g/mol. The molecule has 3 aliphatic heterocycles. The summed E-state index contributed by atoms with van der Waals surface area (Å²) in [6, 6.07) is 10.0. The van der Waals surface area contributed by atoms with E-state index in [-0.39, 0.29) is 42.9 Å². The van der Waals surface area contributed by atoms with Crippen molar-refractivity contribution in [1.82, 2.24) is 0 Å². The highest BCUT2D eigenvalue weighted by Gasteiger charge is 2.50. The van der Waals surface area contributed by atoms with Crippen molar-refractivity contribution in [2.24, 2.45) is 17.8 Å². The molecule has 6 nitrogen and oxygen atoms in total. The number of benzene rings is 1. The predicted octanol–water partition coefficient (Wildman–Crippen LogP) is 4.29. The first-order chi connectivity index (χ1) is 14.5. The Morgan fingerprint density at radius 2 is 1.77 bits per heavy atom. The van der Waals surface area contributed by atoms with E-state index in [0.717, 1.165) is 18.4 Å². The third kappa shape index (κ3) is 4.45. The molecule has 0 radical (unpaired) electrons. The van der Waals surface area contributed by atoms with Gasteiger partial charge < -0.3 is 28.4 Å². The van der Waals surface area contributed by atoms with Gasteiger partial charge in [0.2, 0.25) is 0 Å². The Morgan fingerprint density at radius 3 is 2.47 bits per heavy atom. The third-order valence-corrected chi connectivity index (χ3v) is 7.03. The van der Waals surface area contributed by atoms with Crippen LogP contribution >= 0.6 is 0 Å². The maximum absolute atomic E-state index is 6.62. The molecule has 3 aliphatic rings. The quantitative estimate of drug-likeness (QED) is 0.708. The zero-order valence-electron chi connectivity index (χ0n) is 18.7. The molecule has 3 saturated heterocycles. The Labute approximate surface area is 180 Å². The lowest BCUT2D eigenvalue weighted by molar-refractivity contribution is -0.371. The molecule has 4 rings (SSSR count). The topological polar surface area (TPSA) is 55.4 Å². The van der Waals surface area contributed by atoms with Crippen LogP contribution < -0.4 is 0 Å². The molecule has 0 spiro atoms. The second-order valence-corrected chi connectivity index (χ2v) is 9.00. The van der Waals surface area contributed by atoms with Gasteiger partial charge >= 0.3 is 0 Å². The molecule has 5 unspecified atom stereocenters. The minimum atomic E-state index is -0.428. The smallest absolute Gasteiger partial charge is 0.184 e. The number of fused-ring (bicyclic) bond motifs is 1. The summed E-state index contributed by atoms with van der Waals surface area (Å²) in [7, 11) is 1.67. The molecule has 0 amide bonds. The molecule has 0 N–H and O–H groups in total. The van der Waals surface area contributed by atoms with E-state index in [1.165, 1.54) is 0 Å². The SMILES string of the molecule is CCC1O[C@@H](O[C@@H]2C(C)[C@@H](OC)OC3COC(c4ccccc4)O[C@H]32)CC(C)[C@@H]1C. The summed E-state index contributed by atoms with van der Waals surface area (Å²) < 4.78 is 37.1. The normalized spacial score (nSPS) is 44.4. The summed E-state index contributed by atoms with van der Waals surface area (Å²) in [4.78, 5) is 0. The van der Waals surface area contributed by atoms with Crippen LogP contribution in [0.15, 0.2) is 30.3 Å². The van der Waals surface area contributed by atoms with Crippen molar-refractivity contribution in [2.45, 2.75) is 83.8 Å². The van der Waals surface area contributed by atoms with Crippen LogP contribution in [0.5, 0.6) is 0 Å². The summed E-state index contributed by atoms with van der Waals surface area (Å²) in [6.45, 7) is 9.27. The van der Waals surface area contributed by atoms with E-state index in [9.17, 15) is 0 Å². The standard InChI is InChI=1S/C24H36O6/c1-6-18-15(3)14(2)12-20(27-18)29-21-16(4)23(25-5)28-19-13-26-24(30-22(19)21)17-10-8-7-9-11-17/h7-11,14-16,18-24H,6,12-13H2,1-5H3/t14?,15-,16?,18?,19?,20-,21+,22+,23-,24?/m0/s1. The van der Waals surface area contributed by atoms with E-state index in [1.54, 1.807) is 7.11 Å². The fraction of sp³-hybridized carbons (Fsp3) is 0.750. The molecule has 10 atom stereocenters. The van der Waals surface area contributed by atoms with Crippen molar-refractivity contribution in [3.63, 3.8) is 0 Å². The van der Waals surface area contributed by atoms with Crippen molar-refractivity contribution in [2.75, 3.05) is 13.7 Å². The summed E-state index contributed by atoms with van der Waals surface area (Å²) in [6.07, 6.45) is 0.370. The van der Waals surface area contributed by atoms with Gasteiger partial charge in [0.15, 0.2) is 18.9 Å². The lowest BCUT2D eigenvalue weighted by Gasteiger charge is -2.50. The summed E-state index contributed by atoms with van der Waals surface area (Å²) in [5.41, 5.74) is 0.999. The van der Waals surface area contributed by atoms with Crippen LogP contribution in [-0.4, -0.2) is 50.7 Å². The van der Waals surface area contributed by atoms with Gasteiger partial charge in [0.05, 0.1) is 18.8 Å². The first kappa shape index (κ1) is 22.2. The fourth-order valence-electron chi connectivity index (χ4n) is 4.95. The highest BCUT2D eigenvalue weighted by Crippen LogP contribution is 2.40. The van der Waals surface area contributed by atoms with Crippen LogP contribution in [0.4, 0.5) is 0 Å². The highest BCUT2D eigenvalue weighted by atomic mass is 16.8. The fourth-order valence-corrected chi connectivity index (χ4v) is 4.95. The van der Waals surface area contributed by atoms with Crippen molar-refractivity contribution in [3.05, 3.63) is 35.9 Å². The number of ether oxygens (including phenoxy) is 6. The van der Waals surface area contributed by atoms with Crippen LogP contribution in [0, 0.1) is 17.8 Å². The van der Waals surface area contributed by atoms with E-state index in [4.69, 9.17) is 28.4 Å². The molecule has 0 saturated carbocycles. The zero-order valence-corrected chi connectivity index (χ0v) is 18.7. The molecule has 3 fully saturated rings. The van der Waals surface area contributed by atoms with Gasteiger partial charge in [-0.1, -0.05) is 58.0 Å². The maximum Gasteiger partial charge on any atom is 0.184 e. The van der Waals surface area contributed by atoms with Gasteiger partial charge in [-0.15, -0.1) is 0 Å². The second kappa shape index (κ2) is 9.63. The molecule has 0 bridgehead atoms. The number of rotatable bonds is 5. The molecule has 1 aromatic carbocycles. The number of methoxy groups -OCH3 is 1. The molecule has 3 heterocycles. The van der Waals surface area contributed by atoms with Gasteiger partial charge in [0.1, 0.15) is 12.2 Å². The maximum atomic E-state index is 6.62. The second-order valence-electron chi connectivity index (χ2n) is 9.00. The van der Waals surface area contributed by atoms with Crippen LogP contribution in [0.25, 0.3) is 0 Å². The monoisotopic (exact) mass is 420 g/mol. The summed E-state index contributed by atoms with van der Waals surface area (Å²) in [5, 5.41) is 0. The lowest BCUT2D eigenvalue weighted by atomic mass is 9.84. The summed E-state index contributed by atoms with van der Waals surface area (Å²) in [5.74, 6) is 1.08. The van der Waals surface area contributed by atoms with Crippen LogP contribution in [0.2, 0.25) is 0 Å². The van der Waals surface area contributed by atoms with E-state index in [1.807, 2.05) is 30.3 Å². The highest BCUT2D eigenvalue weighted by molar-refractivity contribution is 5.16. The van der Waals surface area contributed by atoms with E-state index >= 15 is 0 Å².